The predicted octanol–water partition coefficient (Wildman–Crippen LogP) is 3.59. The topological polar surface area (TPSA) is 48.0 Å². The Morgan fingerprint density at radius 2 is 1.55 bits per heavy atom. The zero-order valence-corrected chi connectivity index (χ0v) is 17.6. The minimum absolute atomic E-state index is 0.152. The summed E-state index contributed by atoms with van der Waals surface area (Å²) in [4.78, 5) is 13.8. The lowest BCUT2D eigenvalue weighted by Crippen LogP contribution is -2.49. The van der Waals surface area contributed by atoms with Gasteiger partial charge in [0.2, 0.25) is 0 Å². The smallest absolute Gasteiger partial charge is 0.399 e. The van der Waals surface area contributed by atoms with Crippen LogP contribution in [-0.2, 0) is 18.8 Å². The first-order valence-electron chi connectivity index (χ1n) is 9.84. The normalized spacial score (nSPS) is 22.4. The molecule has 0 spiro atoms. The van der Waals surface area contributed by atoms with Crippen molar-refractivity contribution in [2.24, 2.45) is 0 Å². The molecule has 2 aliphatic heterocycles. The van der Waals surface area contributed by atoms with E-state index in [4.69, 9.17) is 14.0 Å². The van der Waals surface area contributed by atoms with Gasteiger partial charge in [0.1, 0.15) is 0 Å². The summed E-state index contributed by atoms with van der Waals surface area (Å²) < 4.78 is 48.0. The zero-order chi connectivity index (χ0) is 21.4. The predicted molar refractivity (Wildman–Crippen MR) is 107 cm³/mol. The molecule has 2 saturated heterocycles. The highest BCUT2D eigenvalue weighted by Crippen LogP contribution is 2.43. The fraction of sp³-hybridized carbons (Fsp3) is 0.571. The Balaban J connectivity index is 2.05. The van der Waals surface area contributed by atoms with Crippen LogP contribution in [0.25, 0.3) is 5.47 Å². The maximum atomic E-state index is 15.4. The highest BCUT2D eigenvalue weighted by Gasteiger charge is 2.55. The van der Waals surface area contributed by atoms with Crippen LogP contribution in [0, 0.1) is 0 Å². The van der Waals surface area contributed by atoms with Crippen molar-refractivity contribution in [3.63, 3.8) is 0 Å². The van der Waals surface area contributed by atoms with E-state index in [1.54, 1.807) is 30.3 Å². The van der Waals surface area contributed by atoms with Gasteiger partial charge in [-0.1, -0.05) is 30.3 Å². The Morgan fingerprint density at radius 1 is 1.03 bits per heavy atom. The average Bonchev–Trinajstić information content (AvgIpc) is 2.89. The zero-order valence-electron chi connectivity index (χ0n) is 17.6. The molecule has 0 aromatic heterocycles. The molecule has 0 unspecified atom stereocenters. The molecule has 8 heteroatoms. The van der Waals surface area contributed by atoms with E-state index in [2.05, 4.69) is 0 Å². The van der Waals surface area contributed by atoms with E-state index in [9.17, 15) is 4.79 Å². The highest BCUT2D eigenvalue weighted by atomic mass is 19.3. The van der Waals surface area contributed by atoms with Gasteiger partial charge in [0.25, 0.3) is 5.91 Å². The minimum atomic E-state index is -3.69. The van der Waals surface area contributed by atoms with Crippen LogP contribution in [0.15, 0.2) is 35.9 Å². The van der Waals surface area contributed by atoms with Crippen LogP contribution < -0.4 is 0 Å². The molecule has 0 saturated carbocycles. The Morgan fingerprint density at radius 3 is 2.07 bits per heavy atom. The molecule has 3 rings (SSSR count). The molecule has 2 fully saturated rings. The lowest BCUT2D eigenvalue weighted by atomic mass is 9.70. The van der Waals surface area contributed by atoms with Crippen molar-refractivity contribution in [1.82, 2.24) is 4.90 Å². The Hall–Kier alpha value is -1.77. The summed E-state index contributed by atoms with van der Waals surface area (Å²) in [5.74, 6) is -4.91. The summed E-state index contributed by atoms with van der Waals surface area (Å²) in [6.45, 7) is 9.55. The molecule has 0 aliphatic carbocycles. The number of hydrogen-bond acceptors (Lipinski definition) is 4. The molecule has 0 radical (unpaired) electrons. The van der Waals surface area contributed by atoms with Crippen LogP contribution >= 0.6 is 0 Å². The van der Waals surface area contributed by atoms with Crippen molar-refractivity contribution in [1.29, 1.82) is 0 Å². The van der Waals surface area contributed by atoms with Crippen LogP contribution in [0.1, 0.15) is 40.2 Å². The van der Waals surface area contributed by atoms with Gasteiger partial charge in [0.15, 0.2) is 0 Å². The van der Waals surface area contributed by atoms with Crippen LogP contribution in [-0.4, -0.2) is 61.4 Å². The van der Waals surface area contributed by atoms with Crippen molar-refractivity contribution < 1.29 is 27.6 Å². The maximum Gasteiger partial charge on any atom is 0.495 e. The number of hydrogen-bond donors (Lipinski definition) is 0. The molecule has 0 N–H and O–H groups in total. The van der Waals surface area contributed by atoms with Crippen molar-refractivity contribution in [3.8, 4) is 0 Å². The summed E-state index contributed by atoms with van der Waals surface area (Å²) >= 11 is 0. The summed E-state index contributed by atoms with van der Waals surface area (Å²) in [5.41, 5.74) is -1.02. The van der Waals surface area contributed by atoms with E-state index in [0.29, 0.717) is 5.56 Å². The maximum absolute atomic E-state index is 15.4. The molecule has 0 atom stereocenters. The number of amides is 1. The number of carbonyl (C=O) groups is 1. The largest absolute Gasteiger partial charge is 0.495 e. The Labute approximate surface area is 171 Å². The third kappa shape index (κ3) is 4.11. The third-order valence-electron chi connectivity index (χ3n) is 6.02. The molecule has 2 aliphatic rings. The Bertz CT molecular complexity index is 773. The molecular weight excluding hydrogens is 379 g/mol. The minimum Gasteiger partial charge on any atom is -0.399 e. The van der Waals surface area contributed by atoms with Gasteiger partial charge >= 0.3 is 13.0 Å². The second-order valence-electron chi connectivity index (χ2n) is 8.47. The molecule has 1 amide bonds. The van der Waals surface area contributed by atoms with Gasteiger partial charge in [-0.15, -0.1) is 0 Å². The van der Waals surface area contributed by atoms with Gasteiger partial charge in [0.05, 0.1) is 24.4 Å². The van der Waals surface area contributed by atoms with Gasteiger partial charge in [-0.2, -0.15) is 8.78 Å². The first-order chi connectivity index (χ1) is 13.5. The number of benzene rings is 1. The van der Waals surface area contributed by atoms with E-state index in [1.165, 1.54) is 6.92 Å². The van der Waals surface area contributed by atoms with Gasteiger partial charge in [-0.3, -0.25) is 4.79 Å². The molecular formula is C21H28BF2NO4. The van der Waals surface area contributed by atoms with Gasteiger partial charge in [-0.25, -0.2) is 0 Å². The summed E-state index contributed by atoms with van der Waals surface area (Å²) in [6, 6.07) is 8.77. The van der Waals surface area contributed by atoms with Crippen LogP contribution in [0.5, 0.6) is 0 Å². The molecule has 2 heterocycles. The average molecular weight is 407 g/mol. The lowest BCUT2D eigenvalue weighted by molar-refractivity contribution is -0.156. The lowest BCUT2D eigenvalue weighted by Gasteiger charge is -2.32. The van der Waals surface area contributed by atoms with Gasteiger partial charge < -0.3 is 18.9 Å². The van der Waals surface area contributed by atoms with E-state index in [1.807, 2.05) is 27.7 Å². The van der Waals surface area contributed by atoms with E-state index >= 15 is 8.78 Å². The molecule has 0 bridgehead atoms. The third-order valence-corrected chi connectivity index (χ3v) is 6.02. The van der Waals surface area contributed by atoms with Crippen molar-refractivity contribution in [2.75, 3.05) is 26.3 Å². The van der Waals surface area contributed by atoms with E-state index < -0.39 is 30.2 Å². The number of alkyl halides is 2. The quantitative estimate of drug-likeness (QED) is 0.716. The van der Waals surface area contributed by atoms with Crippen molar-refractivity contribution in [2.45, 2.75) is 51.7 Å². The first kappa shape index (κ1) is 21.9. The second-order valence-corrected chi connectivity index (χ2v) is 8.47. The summed E-state index contributed by atoms with van der Waals surface area (Å²) in [5, 5.41) is 0. The molecule has 5 nitrogen and oxygen atoms in total. The number of morpholine rings is 1. The fourth-order valence-corrected chi connectivity index (χ4v) is 3.40. The molecule has 1 aromatic carbocycles. The number of nitrogens with zero attached hydrogens (tertiary/aromatic N) is 1. The fourth-order valence-electron chi connectivity index (χ4n) is 3.40. The molecule has 1 aromatic rings. The number of ether oxygens (including phenoxy) is 1. The van der Waals surface area contributed by atoms with Gasteiger partial charge in [0, 0.05) is 18.7 Å². The van der Waals surface area contributed by atoms with E-state index in [-0.39, 0.29) is 37.3 Å². The van der Waals surface area contributed by atoms with Crippen molar-refractivity contribution in [3.05, 3.63) is 41.5 Å². The summed E-state index contributed by atoms with van der Waals surface area (Å²) in [7, 11) is -1.01. The number of rotatable bonds is 4. The standard InChI is InChI=1S/C21H28BF2NO4/c1-15(21(23,24)18(26)25-11-13-27-14-12-25)17(16-9-7-6-8-10-16)22-28-19(2,3)20(4,5)29-22/h6-10H,11-14H2,1-5H3/b17-15+. The highest BCUT2D eigenvalue weighted by molar-refractivity contribution is 6.69. The van der Waals surface area contributed by atoms with Gasteiger partial charge in [-0.05, 0) is 45.7 Å². The summed E-state index contributed by atoms with van der Waals surface area (Å²) in [6.07, 6.45) is 0. The number of halogens is 2. The monoisotopic (exact) mass is 407 g/mol. The van der Waals surface area contributed by atoms with E-state index in [0.717, 1.165) is 4.90 Å². The second kappa shape index (κ2) is 7.82. The Kier molecular flexibility index (Phi) is 5.91. The molecule has 29 heavy (non-hydrogen) atoms. The SMILES string of the molecule is C/C(=C(\B1OC(C)(C)C(C)(C)O1)c1ccccc1)C(F)(F)C(=O)N1CCOCC1. The van der Waals surface area contributed by atoms with Crippen LogP contribution in [0.4, 0.5) is 8.78 Å². The van der Waals surface area contributed by atoms with Crippen LogP contribution in [0.2, 0.25) is 0 Å². The molecule has 158 valence electrons. The number of carbonyl (C=O) groups excluding carboxylic acids is 1. The van der Waals surface area contributed by atoms with Crippen LogP contribution in [0.3, 0.4) is 0 Å². The van der Waals surface area contributed by atoms with Crippen molar-refractivity contribution >= 4 is 18.5 Å². The first-order valence-corrected chi connectivity index (χ1v) is 9.84.